The van der Waals surface area contributed by atoms with Crippen LogP contribution in [0.3, 0.4) is 0 Å². The van der Waals surface area contributed by atoms with Gasteiger partial charge in [-0.05, 0) is 59.7 Å². The summed E-state index contributed by atoms with van der Waals surface area (Å²) in [5.41, 5.74) is 0. The van der Waals surface area contributed by atoms with Crippen molar-refractivity contribution in [3.05, 3.63) is 27.8 Å². The second-order valence-electron chi connectivity index (χ2n) is 2.77. The van der Waals surface area contributed by atoms with Crippen molar-refractivity contribution in [2.45, 2.75) is 18.9 Å². The molecule has 1 fully saturated rings. The molecule has 1 aromatic rings. The van der Waals surface area contributed by atoms with Gasteiger partial charge in [-0.3, -0.25) is 0 Å². The van der Waals surface area contributed by atoms with E-state index in [4.69, 9.17) is 4.74 Å². The van der Waals surface area contributed by atoms with Crippen molar-refractivity contribution in [1.82, 2.24) is 0 Å². The molecule has 0 atom stereocenters. The molecule has 1 saturated carbocycles. The minimum absolute atomic E-state index is 0.509. The topological polar surface area (TPSA) is 9.23 Å². The summed E-state index contributed by atoms with van der Waals surface area (Å²) < 4.78 is 6.83. The van der Waals surface area contributed by atoms with Crippen LogP contribution in [0.4, 0.5) is 0 Å². The molecular weight excluding hydrogens is 251 g/mol. The molecule has 1 aromatic carbocycles. The van der Waals surface area contributed by atoms with E-state index in [0.717, 1.165) is 5.75 Å². The second-order valence-corrected chi connectivity index (χ2v) is 4.02. The number of ether oxygens (including phenoxy) is 1. The molecule has 0 aliphatic heterocycles. The van der Waals surface area contributed by atoms with Crippen LogP contribution in [-0.4, -0.2) is 6.10 Å². The average molecular weight is 260 g/mol. The lowest BCUT2D eigenvalue weighted by molar-refractivity contribution is 0.303. The van der Waals surface area contributed by atoms with E-state index in [1.54, 1.807) is 0 Å². The van der Waals surface area contributed by atoms with E-state index in [1.807, 2.05) is 12.1 Å². The predicted molar refractivity (Wildman–Crippen MR) is 52.8 cm³/mol. The summed E-state index contributed by atoms with van der Waals surface area (Å²) in [7, 11) is 0. The van der Waals surface area contributed by atoms with Crippen molar-refractivity contribution in [1.29, 1.82) is 0 Å². The SMILES string of the molecule is Ic1ccc(OC2CC2)cc1. The first-order valence-corrected chi connectivity index (χ1v) is 4.85. The van der Waals surface area contributed by atoms with E-state index in [-0.39, 0.29) is 0 Å². The maximum atomic E-state index is 5.58. The van der Waals surface area contributed by atoms with Gasteiger partial charge in [-0.1, -0.05) is 0 Å². The smallest absolute Gasteiger partial charge is 0.119 e. The van der Waals surface area contributed by atoms with Crippen LogP contribution in [0, 0.1) is 3.57 Å². The molecule has 0 aromatic heterocycles. The van der Waals surface area contributed by atoms with Crippen LogP contribution in [0.1, 0.15) is 12.8 Å². The van der Waals surface area contributed by atoms with Crippen LogP contribution >= 0.6 is 22.6 Å². The molecule has 0 bridgehead atoms. The summed E-state index contributed by atoms with van der Waals surface area (Å²) in [6.45, 7) is 0. The van der Waals surface area contributed by atoms with Gasteiger partial charge >= 0.3 is 0 Å². The molecule has 1 aliphatic rings. The molecule has 2 heteroatoms. The fourth-order valence-corrected chi connectivity index (χ4v) is 1.25. The number of rotatable bonds is 2. The third-order valence-electron chi connectivity index (χ3n) is 1.64. The van der Waals surface area contributed by atoms with Crippen LogP contribution in [0.25, 0.3) is 0 Å². The lowest BCUT2D eigenvalue weighted by atomic mass is 10.3. The highest BCUT2D eigenvalue weighted by Crippen LogP contribution is 2.26. The lowest BCUT2D eigenvalue weighted by Gasteiger charge is -2.02. The summed E-state index contributed by atoms with van der Waals surface area (Å²) in [5.74, 6) is 1.01. The number of benzene rings is 1. The van der Waals surface area contributed by atoms with Gasteiger partial charge in [0.15, 0.2) is 0 Å². The van der Waals surface area contributed by atoms with Gasteiger partial charge in [-0.15, -0.1) is 0 Å². The maximum Gasteiger partial charge on any atom is 0.119 e. The highest BCUT2D eigenvalue weighted by molar-refractivity contribution is 14.1. The summed E-state index contributed by atoms with van der Waals surface area (Å²) in [6, 6.07) is 8.19. The number of halogens is 1. The highest BCUT2D eigenvalue weighted by atomic mass is 127. The predicted octanol–water partition coefficient (Wildman–Crippen LogP) is 2.83. The number of hydrogen-bond acceptors (Lipinski definition) is 1. The molecule has 11 heavy (non-hydrogen) atoms. The van der Waals surface area contributed by atoms with Crippen LogP contribution in [-0.2, 0) is 0 Å². The van der Waals surface area contributed by atoms with Gasteiger partial charge in [0, 0.05) is 3.57 Å². The Morgan fingerprint density at radius 2 is 1.82 bits per heavy atom. The quantitative estimate of drug-likeness (QED) is 0.743. The lowest BCUT2D eigenvalue weighted by Crippen LogP contribution is -1.94. The summed E-state index contributed by atoms with van der Waals surface area (Å²) in [5, 5.41) is 0. The third kappa shape index (κ3) is 2.09. The Hall–Kier alpha value is -0.250. The standard InChI is InChI=1S/C9H9IO/c10-7-1-3-8(4-2-7)11-9-5-6-9/h1-4,9H,5-6H2. The Labute approximate surface area is 79.9 Å². The van der Waals surface area contributed by atoms with Crippen molar-refractivity contribution in [2.24, 2.45) is 0 Å². The molecule has 0 N–H and O–H groups in total. The zero-order chi connectivity index (χ0) is 7.68. The molecule has 2 rings (SSSR count). The maximum absolute atomic E-state index is 5.58. The Morgan fingerprint density at radius 1 is 1.18 bits per heavy atom. The van der Waals surface area contributed by atoms with E-state index in [1.165, 1.54) is 16.4 Å². The first-order chi connectivity index (χ1) is 5.34. The largest absolute Gasteiger partial charge is 0.490 e. The van der Waals surface area contributed by atoms with Gasteiger partial charge in [-0.2, -0.15) is 0 Å². The second kappa shape index (κ2) is 3.01. The summed E-state index contributed by atoms with van der Waals surface area (Å²) >= 11 is 2.29. The van der Waals surface area contributed by atoms with Crippen molar-refractivity contribution < 1.29 is 4.74 Å². The minimum atomic E-state index is 0.509. The van der Waals surface area contributed by atoms with Crippen LogP contribution in [0.2, 0.25) is 0 Å². The first kappa shape index (κ1) is 7.40. The Kier molecular flexibility index (Phi) is 2.02. The normalized spacial score (nSPS) is 16.5. The van der Waals surface area contributed by atoms with Gasteiger partial charge in [-0.25, -0.2) is 0 Å². The minimum Gasteiger partial charge on any atom is -0.490 e. The summed E-state index contributed by atoms with van der Waals surface area (Å²) in [4.78, 5) is 0. The molecule has 0 heterocycles. The molecule has 0 amide bonds. The van der Waals surface area contributed by atoms with E-state index in [9.17, 15) is 0 Å². The van der Waals surface area contributed by atoms with Crippen LogP contribution < -0.4 is 4.74 Å². The molecule has 1 nitrogen and oxygen atoms in total. The Morgan fingerprint density at radius 3 is 2.36 bits per heavy atom. The van der Waals surface area contributed by atoms with E-state index in [2.05, 4.69) is 34.7 Å². The van der Waals surface area contributed by atoms with Crippen molar-refractivity contribution in [3.63, 3.8) is 0 Å². The van der Waals surface area contributed by atoms with E-state index >= 15 is 0 Å². The molecule has 0 spiro atoms. The van der Waals surface area contributed by atoms with E-state index in [0.29, 0.717) is 6.10 Å². The first-order valence-electron chi connectivity index (χ1n) is 3.77. The van der Waals surface area contributed by atoms with Crippen LogP contribution in [0.15, 0.2) is 24.3 Å². The summed E-state index contributed by atoms with van der Waals surface area (Å²) in [6.07, 6.45) is 2.97. The molecule has 58 valence electrons. The molecular formula is C9H9IO. The van der Waals surface area contributed by atoms with Gasteiger partial charge in [0.05, 0.1) is 6.10 Å². The zero-order valence-corrected chi connectivity index (χ0v) is 8.24. The van der Waals surface area contributed by atoms with Crippen molar-refractivity contribution in [3.8, 4) is 5.75 Å². The van der Waals surface area contributed by atoms with Crippen LogP contribution in [0.5, 0.6) is 5.75 Å². The Balaban J connectivity index is 2.06. The number of hydrogen-bond donors (Lipinski definition) is 0. The van der Waals surface area contributed by atoms with Crippen molar-refractivity contribution in [2.75, 3.05) is 0 Å². The van der Waals surface area contributed by atoms with Gasteiger partial charge in [0.25, 0.3) is 0 Å². The van der Waals surface area contributed by atoms with E-state index < -0.39 is 0 Å². The molecule has 0 unspecified atom stereocenters. The Bertz CT molecular complexity index is 238. The van der Waals surface area contributed by atoms with Crippen molar-refractivity contribution >= 4 is 22.6 Å². The monoisotopic (exact) mass is 260 g/mol. The zero-order valence-electron chi connectivity index (χ0n) is 6.09. The molecule has 1 aliphatic carbocycles. The molecule has 0 saturated heterocycles. The highest BCUT2D eigenvalue weighted by Gasteiger charge is 2.23. The molecule has 0 radical (unpaired) electrons. The fraction of sp³-hybridized carbons (Fsp3) is 0.333. The fourth-order valence-electron chi connectivity index (χ4n) is 0.892. The third-order valence-corrected chi connectivity index (χ3v) is 2.36. The van der Waals surface area contributed by atoms with Gasteiger partial charge in [0.1, 0.15) is 5.75 Å². The average Bonchev–Trinajstić information content (AvgIpc) is 2.78. The van der Waals surface area contributed by atoms with Gasteiger partial charge < -0.3 is 4.74 Å². The van der Waals surface area contributed by atoms with Gasteiger partial charge in [0.2, 0.25) is 0 Å².